The van der Waals surface area contributed by atoms with Crippen LogP contribution < -0.4 is 0 Å². The maximum atomic E-state index is 11.4. The van der Waals surface area contributed by atoms with E-state index in [4.69, 9.17) is 9.05 Å². The van der Waals surface area contributed by atoms with Gasteiger partial charge in [-0.25, -0.2) is 0 Å². The molecule has 0 radical (unpaired) electrons. The third kappa shape index (κ3) is 4.40. The number of carboxylic acids is 2. The number of aliphatic carboxylic acids is 2. The van der Waals surface area contributed by atoms with Gasteiger partial charge in [0.1, 0.15) is 6.10 Å². The Morgan fingerprint density at radius 1 is 1.17 bits per heavy atom. The number of hydrogen-bond donors (Lipinski definition) is 3. The second kappa shape index (κ2) is 8.22. The van der Waals surface area contributed by atoms with Gasteiger partial charge in [0, 0.05) is 17.5 Å². The van der Waals surface area contributed by atoms with Crippen molar-refractivity contribution < 1.29 is 34.0 Å². The maximum Gasteiger partial charge on any atom is 0.317 e. The number of rotatable bonds is 9. The van der Waals surface area contributed by atoms with Gasteiger partial charge in [-0.1, -0.05) is 38.0 Å². The molecule has 0 bridgehead atoms. The molecule has 1 aliphatic rings. The fraction of sp³-hybridized carbons (Fsp3) is 0.619. The first-order chi connectivity index (χ1) is 14.0. The molecule has 1 unspecified atom stereocenters. The molecule has 2 heterocycles. The van der Waals surface area contributed by atoms with Gasteiger partial charge in [-0.3, -0.25) is 9.59 Å². The van der Waals surface area contributed by atoms with Crippen LogP contribution in [0.25, 0.3) is 11.5 Å². The fourth-order valence-corrected chi connectivity index (χ4v) is 3.57. The summed E-state index contributed by atoms with van der Waals surface area (Å²) in [5, 5.41) is 37.2. The predicted molar refractivity (Wildman–Crippen MR) is 105 cm³/mol. The molecule has 9 heteroatoms. The number of nitrogens with zero attached hydrogens (tertiary/aromatic N) is 2. The lowest BCUT2D eigenvalue weighted by molar-refractivity contribution is -0.155. The SMILES string of the molecule is CCC(CC(C(=O)O)C(=O)O)c1noc(-c2cc([C@H](O)C(C)(C)C)on2)c1C1CC1. The van der Waals surface area contributed by atoms with Gasteiger partial charge in [-0.2, -0.15) is 0 Å². The van der Waals surface area contributed by atoms with E-state index in [1.807, 2.05) is 27.7 Å². The van der Waals surface area contributed by atoms with Gasteiger partial charge in [0.15, 0.2) is 23.1 Å². The molecule has 0 aliphatic heterocycles. The number of aliphatic hydroxyl groups excluding tert-OH is 1. The van der Waals surface area contributed by atoms with Gasteiger partial charge in [0.05, 0.1) is 5.69 Å². The van der Waals surface area contributed by atoms with Crippen LogP contribution in [0.2, 0.25) is 0 Å². The van der Waals surface area contributed by atoms with Crippen molar-refractivity contribution in [3.63, 3.8) is 0 Å². The molecule has 1 saturated carbocycles. The zero-order valence-electron chi connectivity index (χ0n) is 17.6. The highest BCUT2D eigenvalue weighted by molar-refractivity contribution is 5.92. The van der Waals surface area contributed by atoms with Crippen molar-refractivity contribution in [3.8, 4) is 11.5 Å². The van der Waals surface area contributed by atoms with Gasteiger partial charge in [-0.05, 0) is 37.0 Å². The first-order valence-corrected chi connectivity index (χ1v) is 10.1. The molecule has 2 aromatic rings. The molecule has 0 saturated heterocycles. The first kappa shape index (κ1) is 22.0. The van der Waals surface area contributed by atoms with Crippen LogP contribution in [0.4, 0.5) is 0 Å². The van der Waals surface area contributed by atoms with E-state index >= 15 is 0 Å². The molecule has 0 aromatic carbocycles. The molecule has 3 rings (SSSR count). The molecule has 0 amide bonds. The van der Waals surface area contributed by atoms with E-state index in [0.29, 0.717) is 29.3 Å². The number of carbonyl (C=O) groups is 2. The number of aliphatic hydroxyl groups is 1. The van der Waals surface area contributed by atoms with Gasteiger partial charge in [0.25, 0.3) is 0 Å². The lowest BCUT2D eigenvalue weighted by Crippen LogP contribution is -2.25. The Balaban J connectivity index is 1.95. The van der Waals surface area contributed by atoms with Crippen LogP contribution in [0, 0.1) is 11.3 Å². The molecular weight excluding hydrogens is 392 g/mol. The van der Waals surface area contributed by atoms with E-state index in [1.54, 1.807) is 6.07 Å². The third-order valence-corrected chi connectivity index (χ3v) is 5.59. The standard InChI is InChI=1S/C21H28N2O7/c1-5-10(8-12(19(25)26)20(27)28)16-15(11-6-7-11)17(30-23-16)13-9-14(29-22-13)18(24)21(2,3)4/h9-12,18,24H,5-8H2,1-4H3,(H,25,26)(H,27,28)/t10?,18-/m0/s1. The van der Waals surface area contributed by atoms with Crippen LogP contribution in [-0.4, -0.2) is 37.6 Å². The van der Waals surface area contributed by atoms with E-state index in [9.17, 15) is 24.9 Å². The van der Waals surface area contributed by atoms with E-state index in [2.05, 4.69) is 10.3 Å². The normalized spacial score (nSPS) is 16.6. The predicted octanol–water partition coefficient (Wildman–Crippen LogP) is 3.96. The maximum absolute atomic E-state index is 11.4. The summed E-state index contributed by atoms with van der Waals surface area (Å²) in [5.41, 5.74) is 1.40. The summed E-state index contributed by atoms with van der Waals surface area (Å²) < 4.78 is 10.9. The Labute approximate surface area is 174 Å². The summed E-state index contributed by atoms with van der Waals surface area (Å²) in [4.78, 5) is 22.7. The van der Waals surface area contributed by atoms with Crippen molar-refractivity contribution >= 4 is 11.9 Å². The van der Waals surface area contributed by atoms with Crippen molar-refractivity contribution in [1.82, 2.24) is 10.3 Å². The Bertz CT molecular complexity index is 906. The number of carboxylic acid groups (broad SMARTS) is 2. The summed E-state index contributed by atoms with van der Waals surface area (Å²) in [7, 11) is 0. The summed E-state index contributed by atoms with van der Waals surface area (Å²) >= 11 is 0. The molecule has 9 nitrogen and oxygen atoms in total. The van der Waals surface area contributed by atoms with Crippen LogP contribution in [0.3, 0.4) is 0 Å². The van der Waals surface area contributed by atoms with Crippen molar-refractivity contribution in [2.24, 2.45) is 11.3 Å². The second-order valence-corrected chi connectivity index (χ2v) is 9.04. The molecule has 30 heavy (non-hydrogen) atoms. The number of aromatic nitrogens is 2. The number of hydrogen-bond acceptors (Lipinski definition) is 7. The highest BCUT2D eigenvalue weighted by Crippen LogP contribution is 2.49. The van der Waals surface area contributed by atoms with E-state index in [1.165, 1.54) is 0 Å². The van der Waals surface area contributed by atoms with Crippen LogP contribution in [0.5, 0.6) is 0 Å². The monoisotopic (exact) mass is 420 g/mol. The van der Waals surface area contributed by atoms with Gasteiger partial charge in [-0.15, -0.1) is 0 Å². The highest BCUT2D eigenvalue weighted by atomic mass is 16.5. The fourth-order valence-electron chi connectivity index (χ4n) is 3.57. The van der Waals surface area contributed by atoms with Crippen molar-refractivity contribution in [3.05, 3.63) is 23.1 Å². The van der Waals surface area contributed by atoms with Crippen molar-refractivity contribution in [2.75, 3.05) is 0 Å². The van der Waals surface area contributed by atoms with Gasteiger partial charge >= 0.3 is 11.9 Å². The molecule has 1 aliphatic carbocycles. The Morgan fingerprint density at radius 2 is 1.80 bits per heavy atom. The average Bonchev–Trinajstić information content (AvgIpc) is 3.21. The Morgan fingerprint density at radius 3 is 2.30 bits per heavy atom. The zero-order chi connectivity index (χ0) is 22.2. The molecule has 1 fully saturated rings. The second-order valence-electron chi connectivity index (χ2n) is 9.04. The van der Waals surface area contributed by atoms with Crippen LogP contribution >= 0.6 is 0 Å². The Hall–Kier alpha value is -2.68. The van der Waals surface area contributed by atoms with E-state index in [-0.39, 0.29) is 18.3 Å². The van der Waals surface area contributed by atoms with Crippen LogP contribution in [0.15, 0.2) is 15.1 Å². The molecule has 2 atom stereocenters. The smallest absolute Gasteiger partial charge is 0.317 e. The van der Waals surface area contributed by atoms with Crippen molar-refractivity contribution in [1.29, 1.82) is 0 Å². The molecule has 3 N–H and O–H groups in total. The minimum absolute atomic E-state index is 0.0698. The van der Waals surface area contributed by atoms with E-state index in [0.717, 1.165) is 18.4 Å². The third-order valence-electron chi connectivity index (χ3n) is 5.59. The zero-order valence-corrected chi connectivity index (χ0v) is 17.6. The largest absolute Gasteiger partial charge is 0.481 e. The van der Waals surface area contributed by atoms with Gasteiger partial charge in [0.2, 0.25) is 0 Å². The molecule has 0 spiro atoms. The average molecular weight is 420 g/mol. The summed E-state index contributed by atoms with van der Waals surface area (Å²) in [5.74, 6) is -3.66. The first-order valence-electron chi connectivity index (χ1n) is 10.1. The molecule has 164 valence electrons. The lowest BCUT2D eigenvalue weighted by Gasteiger charge is -2.22. The van der Waals surface area contributed by atoms with Gasteiger partial charge < -0.3 is 24.4 Å². The molecular formula is C21H28N2O7. The van der Waals surface area contributed by atoms with Crippen LogP contribution in [-0.2, 0) is 9.59 Å². The van der Waals surface area contributed by atoms with Crippen molar-refractivity contribution in [2.45, 2.75) is 71.3 Å². The summed E-state index contributed by atoms with van der Waals surface area (Å²) in [6.07, 6.45) is 1.48. The van der Waals surface area contributed by atoms with E-state index < -0.39 is 29.4 Å². The summed E-state index contributed by atoms with van der Waals surface area (Å²) in [6, 6.07) is 1.63. The topological polar surface area (TPSA) is 147 Å². The minimum Gasteiger partial charge on any atom is -0.481 e. The quantitative estimate of drug-likeness (QED) is 0.513. The van der Waals surface area contributed by atoms with Crippen LogP contribution in [0.1, 0.15) is 88.3 Å². The molecule has 2 aromatic heterocycles. The summed E-state index contributed by atoms with van der Waals surface area (Å²) in [6.45, 7) is 7.52. The lowest BCUT2D eigenvalue weighted by atomic mass is 9.86. The minimum atomic E-state index is -1.51. The highest BCUT2D eigenvalue weighted by Gasteiger charge is 2.39. The Kier molecular flexibility index (Phi) is 6.03.